The Morgan fingerprint density at radius 3 is 2.82 bits per heavy atom. The monoisotopic (exact) mass is 301 g/mol. The summed E-state index contributed by atoms with van der Waals surface area (Å²) in [5.74, 6) is 0.248. The van der Waals surface area contributed by atoms with Crippen molar-refractivity contribution in [2.75, 3.05) is 12.4 Å². The Bertz CT molecular complexity index is 746. The molecule has 6 nitrogen and oxygen atoms in total. The fraction of sp³-hybridized carbons (Fsp3) is 0.267. The Kier molecular flexibility index (Phi) is 4.24. The second-order valence-corrected chi connectivity index (χ2v) is 4.91. The van der Waals surface area contributed by atoms with Crippen LogP contribution in [0.1, 0.15) is 11.1 Å². The van der Waals surface area contributed by atoms with E-state index in [4.69, 9.17) is 10.5 Å². The van der Waals surface area contributed by atoms with Crippen LogP contribution in [0.2, 0.25) is 0 Å². The van der Waals surface area contributed by atoms with Gasteiger partial charge in [0.05, 0.1) is 18.9 Å². The maximum atomic E-state index is 13.2. The number of benzene rings is 1. The van der Waals surface area contributed by atoms with Crippen molar-refractivity contribution in [3.8, 4) is 0 Å². The van der Waals surface area contributed by atoms with Gasteiger partial charge in [0.15, 0.2) is 5.65 Å². The normalized spacial score (nSPS) is 12.6. The number of ether oxygens (including phenoxy) is 1. The fourth-order valence-electron chi connectivity index (χ4n) is 2.21. The van der Waals surface area contributed by atoms with Gasteiger partial charge in [-0.2, -0.15) is 9.61 Å². The third kappa shape index (κ3) is 3.04. The van der Waals surface area contributed by atoms with Crippen molar-refractivity contribution in [2.45, 2.75) is 19.1 Å². The SMILES string of the molecule is Nc1ncnc2c(CC(CF)OCc3ccccc3)cnn12. The zero-order chi connectivity index (χ0) is 15.4. The molecule has 2 aromatic heterocycles. The van der Waals surface area contributed by atoms with Crippen LogP contribution in [0.25, 0.3) is 5.65 Å². The maximum Gasteiger partial charge on any atom is 0.224 e. The summed E-state index contributed by atoms with van der Waals surface area (Å²) in [7, 11) is 0. The van der Waals surface area contributed by atoms with Crippen molar-refractivity contribution >= 4 is 11.6 Å². The molecule has 0 aliphatic rings. The summed E-state index contributed by atoms with van der Waals surface area (Å²) in [6.07, 6.45) is 2.81. The number of nitrogens with two attached hydrogens (primary N) is 1. The van der Waals surface area contributed by atoms with Crippen molar-refractivity contribution in [3.05, 3.63) is 54.0 Å². The number of hydrogen-bond acceptors (Lipinski definition) is 5. The van der Waals surface area contributed by atoms with Crippen molar-refractivity contribution < 1.29 is 9.13 Å². The van der Waals surface area contributed by atoms with E-state index in [2.05, 4.69) is 15.1 Å². The number of alkyl halides is 1. The Labute approximate surface area is 126 Å². The van der Waals surface area contributed by atoms with E-state index >= 15 is 0 Å². The van der Waals surface area contributed by atoms with Crippen LogP contribution in [0.5, 0.6) is 0 Å². The molecule has 3 rings (SSSR count). The van der Waals surface area contributed by atoms with Crippen molar-refractivity contribution in [1.82, 2.24) is 19.6 Å². The Balaban J connectivity index is 1.70. The summed E-state index contributed by atoms with van der Waals surface area (Å²) in [5.41, 5.74) is 8.08. The molecule has 2 heterocycles. The number of nitrogens with zero attached hydrogens (tertiary/aromatic N) is 4. The van der Waals surface area contributed by atoms with E-state index in [9.17, 15) is 4.39 Å². The van der Waals surface area contributed by atoms with Gasteiger partial charge in [0.25, 0.3) is 0 Å². The topological polar surface area (TPSA) is 78.3 Å². The molecule has 22 heavy (non-hydrogen) atoms. The minimum Gasteiger partial charge on any atom is -0.370 e. The number of nitrogen functional groups attached to an aromatic ring is 1. The lowest BCUT2D eigenvalue weighted by Crippen LogP contribution is -2.18. The van der Waals surface area contributed by atoms with Crippen LogP contribution >= 0.6 is 0 Å². The quantitative estimate of drug-likeness (QED) is 0.751. The van der Waals surface area contributed by atoms with Crippen molar-refractivity contribution in [1.29, 1.82) is 0 Å². The lowest BCUT2D eigenvalue weighted by molar-refractivity contribution is 0.0247. The number of rotatable bonds is 6. The molecule has 0 saturated carbocycles. The molecule has 114 valence electrons. The molecule has 3 aromatic rings. The average Bonchev–Trinajstić information content (AvgIpc) is 2.97. The number of anilines is 1. The van der Waals surface area contributed by atoms with E-state index in [-0.39, 0.29) is 5.95 Å². The Morgan fingerprint density at radius 2 is 2.05 bits per heavy atom. The van der Waals surface area contributed by atoms with Gasteiger partial charge in [-0.3, -0.25) is 0 Å². The summed E-state index contributed by atoms with van der Waals surface area (Å²) in [6, 6.07) is 9.67. The molecule has 0 aliphatic carbocycles. The molecule has 0 spiro atoms. The van der Waals surface area contributed by atoms with Gasteiger partial charge in [-0.1, -0.05) is 30.3 Å². The van der Waals surface area contributed by atoms with Gasteiger partial charge in [0.1, 0.15) is 13.0 Å². The lowest BCUT2D eigenvalue weighted by Gasteiger charge is -2.14. The van der Waals surface area contributed by atoms with E-state index < -0.39 is 12.8 Å². The number of fused-ring (bicyclic) bond motifs is 1. The predicted molar refractivity (Wildman–Crippen MR) is 79.9 cm³/mol. The Morgan fingerprint density at radius 1 is 1.23 bits per heavy atom. The van der Waals surface area contributed by atoms with Crippen LogP contribution in [-0.4, -0.2) is 32.4 Å². The molecule has 0 fully saturated rings. The first-order valence-corrected chi connectivity index (χ1v) is 6.92. The van der Waals surface area contributed by atoms with Gasteiger partial charge in [0.2, 0.25) is 5.95 Å². The maximum absolute atomic E-state index is 13.2. The summed E-state index contributed by atoms with van der Waals surface area (Å²) in [6.45, 7) is -0.212. The van der Waals surface area contributed by atoms with E-state index in [1.54, 1.807) is 6.20 Å². The zero-order valence-electron chi connectivity index (χ0n) is 11.9. The Hall–Kier alpha value is -2.54. The molecule has 7 heteroatoms. The molecule has 2 N–H and O–H groups in total. The molecule has 1 unspecified atom stereocenters. The first kappa shape index (κ1) is 14.4. The van der Waals surface area contributed by atoms with Gasteiger partial charge in [-0.15, -0.1) is 0 Å². The first-order valence-electron chi connectivity index (χ1n) is 6.92. The summed E-state index contributed by atoms with van der Waals surface area (Å²) < 4.78 is 20.3. The highest BCUT2D eigenvalue weighted by molar-refractivity contribution is 5.49. The summed E-state index contributed by atoms with van der Waals surface area (Å²) >= 11 is 0. The highest BCUT2D eigenvalue weighted by Crippen LogP contribution is 2.14. The fourth-order valence-corrected chi connectivity index (χ4v) is 2.21. The van der Waals surface area contributed by atoms with Crippen LogP contribution in [-0.2, 0) is 17.8 Å². The standard InChI is InChI=1S/C15H16FN5O/c16-7-13(22-9-11-4-2-1-3-5-11)6-12-8-20-21-14(12)18-10-19-15(21)17/h1-5,8,10,13H,6-7,9H2,(H2,17,18,19). The number of halogens is 1. The van der Waals surface area contributed by atoms with E-state index in [1.165, 1.54) is 10.8 Å². The molecule has 0 radical (unpaired) electrons. The third-order valence-corrected chi connectivity index (χ3v) is 3.35. The first-order chi connectivity index (χ1) is 10.8. The van der Waals surface area contributed by atoms with Crippen molar-refractivity contribution in [3.63, 3.8) is 0 Å². The molecular formula is C15H16FN5O. The second-order valence-electron chi connectivity index (χ2n) is 4.91. The van der Waals surface area contributed by atoms with Crippen LogP contribution in [0.3, 0.4) is 0 Å². The van der Waals surface area contributed by atoms with Crippen LogP contribution in [0.15, 0.2) is 42.9 Å². The van der Waals surface area contributed by atoms with Crippen LogP contribution in [0.4, 0.5) is 10.3 Å². The minimum atomic E-state index is -0.579. The molecular weight excluding hydrogens is 285 g/mol. The molecule has 0 amide bonds. The van der Waals surface area contributed by atoms with Gasteiger partial charge >= 0.3 is 0 Å². The second kappa shape index (κ2) is 6.48. The molecule has 0 bridgehead atoms. The molecule has 0 aliphatic heterocycles. The van der Waals surface area contributed by atoms with Gasteiger partial charge < -0.3 is 10.5 Å². The zero-order valence-corrected chi connectivity index (χ0v) is 11.9. The summed E-state index contributed by atoms with van der Waals surface area (Å²) in [4.78, 5) is 8.00. The van der Waals surface area contributed by atoms with Gasteiger partial charge in [-0.25, -0.2) is 14.4 Å². The van der Waals surface area contributed by atoms with E-state index in [1.807, 2.05) is 30.3 Å². The molecule has 0 saturated heterocycles. The van der Waals surface area contributed by atoms with Gasteiger partial charge in [-0.05, 0) is 5.56 Å². The number of aromatic nitrogens is 4. The minimum absolute atomic E-state index is 0.248. The highest BCUT2D eigenvalue weighted by atomic mass is 19.1. The van der Waals surface area contributed by atoms with Crippen molar-refractivity contribution in [2.24, 2.45) is 0 Å². The number of hydrogen-bond donors (Lipinski definition) is 1. The third-order valence-electron chi connectivity index (χ3n) is 3.35. The van der Waals surface area contributed by atoms with Crippen LogP contribution < -0.4 is 5.73 Å². The smallest absolute Gasteiger partial charge is 0.224 e. The predicted octanol–water partition coefficient (Wildman–Crippen LogP) is 1.80. The summed E-state index contributed by atoms with van der Waals surface area (Å²) in [5, 5.41) is 4.11. The highest BCUT2D eigenvalue weighted by Gasteiger charge is 2.15. The largest absolute Gasteiger partial charge is 0.370 e. The van der Waals surface area contributed by atoms with Crippen LogP contribution in [0, 0.1) is 0 Å². The van der Waals surface area contributed by atoms with E-state index in [0.29, 0.717) is 18.7 Å². The average molecular weight is 301 g/mol. The lowest BCUT2D eigenvalue weighted by atomic mass is 10.1. The van der Waals surface area contributed by atoms with E-state index in [0.717, 1.165) is 11.1 Å². The molecule has 1 atom stereocenters. The molecule has 1 aromatic carbocycles. The van der Waals surface area contributed by atoms with Gasteiger partial charge in [0, 0.05) is 12.0 Å².